The largest absolute Gasteiger partial charge is 0.492 e. The number of carbonyl (C=O) groups excluding carboxylic acids is 2. The zero-order chi connectivity index (χ0) is 28.6. The minimum absolute atomic E-state index is 0.0340. The lowest BCUT2D eigenvalue weighted by atomic mass is 10.1. The standard InChI is InChI=1S/C29H34ClN3O5S/c1-5-31-29(35)22(4)32(19-23-12-8-7-11-21(23)3)28(34)20-33(26-13-9-10-14-27(26)38-6-2)39(36,37)25-17-15-24(30)16-18-25/h7-18,22H,5-6,19-20H2,1-4H3,(H,31,35)/t22-/m0/s1. The van der Waals surface area contributed by atoms with Gasteiger partial charge in [-0.15, -0.1) is 0 Å². The molecule has 0 aromatic heterocycles. The average molecular weight is 572 g/mol. The number of halogens is 1. The maximum Gasteiger partial charge on any atom is 0.264 e. The second-order valence-corrected chi connectivity index (χ2v) is 11.2. The summed E-state index contributed by atoms with van der Waals surface area (Å²) in [4.78, 5) is 28.2. The molecule has 0 saturated carbocycles. The molecule has 0 bridgehead atoms. The Morgan fingerprint density at radius 3 is 2.26 bits per heavy atom. The van der Waals surface area contributed by atoms with Crippen molar-refractivity contribution in [3.8, 4) is 5.75 Å². The second kappa shape index (κ2) is 13.5. The molecule has 1 atom stereocenters. The average Bonchev–Trinajstić information content (AvgIpc) is 2.91. The number of rotatable bonds is 12. The van der Waals surface area contributed by atoms with Gasteiger partial charge in [0.1, 0.15) is 18.3 Å². The van der Waals surface area contributed by atoms with Crippen LogP contribution in [0.3, 0.4) is 0 Å². The van der Waals surface area contributed by atoms with Crippen molar-refractivity contribution in [1.82, 2.24) is 10.2 Å². The first-order valence-electron chi connectivity index (χ1n) is 12.7. The van der Waals surface area contributed by atoms with Crippen LogP contribution in [-0.2, 0) is 26.2 Å². The molecule has 0 fully saturated rings. The number of benzene rings is 3. The van der Waals surface area contributed by atoms with Gasteiger partial charge in [-0.1, -0.05) is 48.0 Å². The highest BCUT2D eigenvalue weighted by Gasteiger charge is 2.33. The van der Waals surface area contributed by atoms with E-state index in [1.807, 2.05) is 31.2 Å². The molecule has 0 unspecified atom stereocenters. The van der Waals surface area contributed by atoms with Crippen LogP contribution < -0.4 is 14.4 Å². The van der Waals surface area contributed by atoms with Crippen LogP contribution in [0.25, 0.3) is 0 Å². The number of anilines is 1. The van der Waals surface area contributed by atoms with Gasteiger partial charge in [0.05, 0.1) is 17.2 Å². The number of para-hydroxylation sites is 2. The second-order valence-electron chi connectivity index (χ2n) is 8.89. The zero-order valence-electron chi connectivity index (χ0n) is 22.6. The van der Waals surface area contributed by atoms with E-state index in [-0.39, 0.29) is 23.0 Å². The van der Waals surface area contributed by atoms with E-state index in [9.17, 15) is 18.0 Å². The van der Waals surface area contributed by atoms with Crippen LogP contribution in [0.5, 0.6) is 5.75 Å². The van der Waals surface area contributed by atoms with Gasteiger partial charge in [-0.2, -0.15) is 0 Å². The van der Waals surface area contributed by atoms with E-state index in [2.05, 4.69) is 5.32 Å². The lowest BCUT2D eigenvalue weighted by Gasteiger charge is -2.32. The molecular weight excluding hydrogens is 538 g/mol. The molecule has 1 N–H and O–H groups in total. The molecule has 0 heterocycles. The Morgan fingerprint density at radius 2 is 1.62 bits per heavy atom. The molecule has 0 aliphatic rings. The number of sulfonamides is 1. The molecule has 39 heavy (non-hydrogen) atoms. The monoisotopic (exact) mass is 571 g/mol. The van der Waals surface area contributed by atoms with Crippen LogP contribution in [-0.4, -0.2) is 50.9 Å². The number of aryl methyl sites for hydroxylation is 1. The summed E-state index contributed by atoms with van der Waals surface area (Å²) in [6.07, 6.45) is 0. The van der Waals surface area contributed by atoms with E-state index in [0.717, 1.165) is 15.4 Å². The Hall–Kier alpha value is -3.56. The Kier molecular flexibility index (Phi) is 10.4. The quantitative estimate of drug-likeness (QED) is 0.337. The maximum absolute atomic E-state index is 14.0. The SMILES string of the molecule is CCNC(=O)[C@H](C)N(Cc1ccccc1C)C(=O)CN(c1ccccc1OCC)S(=O)(=O)c1ccc(Cl)cc1. The van der Waals surface area contributed by atoms with Crippen LogP contribution in [0.4, 0.5) is 5.69 Å². The number of hydrogen-bond donors (Lipinski definition) is 1. The van der Waals surface area contributed by atoms with Crippen molar-refractivity contribution in [3.63, 3.8) is 0 Å². The van der Waals surface area contributed by atoms with Crippen molar-refractivity contribution in [2.24, 2.45) is 0 Å². The highest BCUT2D eigenvalue weighted by Crippen LogP contribution is 2.33. The molecule has 3 aromatic carbocycles. The van der Waals surface area contributed by atoms with Gasteiger partial charge < -0.3 is 15.0 Å². The summed E-state index contributed by atoms with van der Waals surface area (Å²) < 4.78 is 34.7. The third-order valence-corrected chi connectivity index (χ3v) is 8.26. The van der Waals surface area contributed by atoms with Crippen molar-refractivity contribution in [1.29, 1.82) is 0 Å². The van der Waals surface area contributed by atoms with Gasteiger partial charge in [-0.25, -0.2) is 8.42 Å². The van der Waals surface area contributed by atoms with E-state index >= 15 is 0 Å². The molecule has 0 aliphatic carbocycles. The number of ether oxygens (including phenoxy) is 1. The third kappa shape index (κ3) is 7.30. The first-order chi connectivity index (χ1) is 18.6. The van der Waals surface area contributed by atoms with Crippen LogP contribution in [0.2, 0.25) is 5.02 Å². The highest BCUT2D eigenvalue weighted by molar-refractivity contribution is 7.92. The van der Waals surface area contributed by atoms with E-state index in [1.165, 1.54) is 29.2 Å². The lowest BCUT2D eigenvalue weighted by Crippen LogP contribution is -2.51. The van der Waals surface area contributed by atoms with E-state index in [4.69, 9.17) is 16.3 Å². The molecule has 3 aromatic rings. The number of nitrogens with one attached hydrogen (secondary N) is 1. The van der Waals surface area contributed by atoms with Gasteiger partial charge >= 0.3 is 0 Å². The Balaban J connectivity index is 2.09. The van der Waals surface area contributed by atoms with Crippen LogP contribution in [0.1, 0.15) is 31.9 Å². The molecular formula is C29H34ClN3O5S. The van der Waals surface area contributed by atoms with Crippen LogP contribution >= 0.6 is 11.6 Å². The summed E-state index contributed by atoms with van der Waals surface area (Å²) in [5, 5.41) is 3.14. The molecule has 0 radical (unpaired) electrons. The van der Waals surface area contributed by atoms with E-state index in [0.29, 0.717) is 23.9 Å². The Labute approximate surface area is 235 Å². The maximum atomic E-state index is 14.0. The molecule has 0 saturated heterocycles. The number of nitrogens with zero attached hydrogens (tertiary/aromatic N) is 2. The number of amides is 2. The predicted molar refractivity (Wildman–Crippen MR) is 153 cm³/mol. The summed E-state index contributed by atoms with van der Waals surface area (Å²) in [7, 11) is -4.23. The fourth-order valence-electron chi connectivity index (χ4n) is 4.06. The fourth-order valence-corrected chi connectivity index (χ4v) is 5.61. The third-order valence-electron chi connectivity index (χ3n) is 6.23. The summed E-state index contributed by atoms with van der Waals surface area (Å²) in [5.74, 6) is -0.560. The van der Waals surface area contributed by atoms with Crippen molar-refractivity contribution in [2.45, 2.75) is 45.2 Å². The molecule has 10 heteroatoms. The summed E-state index contributed by atoms with van der Waals surface area (Å²) in [6, 6.07) is 19.1. The van der Waals surface area contributed by atoms with E-state index in [1.54, 1.807) is 45.0 Å². The van der Waals surface area contributed by atoms with Crippen LogP contribution in [0, 0.1) is 6.92 Å². The predicted octanol–water partition coefficient (Wildman–Crippen LogP) is 4.80. The molecule has 3 rings (SSSR count). The molecule has 0 aliphatic heterocycles. The molecule has 8 nitrogen and oxygen atoms in total. The van der Waals surface area contributed by atoms with E-state index < -0.39 is 28.5 Å². The van der Waals surface area contributed by atoms with Gasteiger partial charge in [0.15, 0.2) is 0 Å². The number of carbonyl (C=O) groups is 2. The van der Waals surface area contributed by atoms with Gasteiger partial charge in [0, 0.05) is 18.1 Å². The molecule has 208 valence electrons. The van der Waals surface area contributed by atoms with Crippen molar-refractivity contribution in [2.75, 3.05) is 24.0 Å². The molecule has 0 spiro atoms. The van der Waals surface area contributed by atoms with Crippen LogP contribution in [0.15, 0.2) is 77.7 Å². The smallest absolute Gasteiger partial charge is 0.264 e. The summed E-state index contributed by atoms with van der Waals surface area (Å²) in [5.41, 5.74) is 2.01. The Bertz CT molecular complexity index is 1400. The summed E-state index contributed by atoms with van der Waals surface area (Å²) in [6.45, 7) is 7.41. The highest BCUT2D eigenvalue weighted by atomic mass is 35.5. The van der Waals surface area contributed by atoms with Gasteiger partial charge in [0.2, 0.25) is 11.8 Å². The van der Waals surface area contributed by atoms with Crippen molar-refractivity contribution in [3.05, 3.63) is 88.9 Å². The van der Waals surface area contributed by atoms with Gasteiger partial charge in [0.25, 0.3) is 10.0 Å². The Morgan fingerprint density at radius 1 is 0.974 bits per heavy atom. The molecule has 2 amide bonds. The first kappa shape index (κ1) is 30.0. The summed E-state index contributed by atoms with van der Waals surface area (Å²) >= 11 is 6.00. The first-order valence-corrected chi connectivity index (χ1v) is 14.5. The van der Waals surface area contributed by atoms with Crippen molar-refractivity contribution >= 4 is 39.1 Å². The number of likely N-dealkylation sites (N-methyl/N-ethyl adjacent to an activating group) is 1. The van der Waals surface area contributed by atoms with Gasteiger partial charge in [-0.05, 0) is 75.2 Å². The normalized spacial score (nSPS) is 11.9. The minimum atomic E-state index is -4.23. The lowest BCUT2D eigenvalue weighted by molar-refractivity contribution is -0.139. The fraction of sp³-hybridized carbons (Fsp3) is 0.310. The zero-order valence-corrected chi connectivity index (χ0v) is 24.1. The van der Waals surface area contributed by atoms with Gasteiger partial charge in [-0.3, -0.25) is 13.9 Å². The topological polar surface area (TPSA) is 96.0 Å². The minimum Gasteiger partial charge on any atom is -0.492 e. The number of hydrogen-bond acceptors (Lipinski definition) is 5. The van der Waals surface area contributed by atoms with Crippen molar-refractivity contribution < 1.29 is 22.7 Å².